The lowest BCUT2D eigenvalue weighted by Gasteiger charge is -2.30. The van der Waals surface area contributed by atoms with Crippen molar-refractivity contribution in [3.8, 4) is 0 Å². The van der Waals surface area contributed by atoms with Gasteiger partial charge in [0.1, 0.15) is 5.82 Å². The van der Waals surface area contributed by atoms with E-state index < -0.39 is 0 Å². The summed E-state index contributed by atoms with van der Waals surface area (Å²) in [5, 5.41) is 0. The van der Waals surface area contributed by atoms with E-state index in [1.165, 1.54) is 43.5 Å². The van der Waals surface area contributed by atoms with Crippen LogP contribution in [-0.4, -0.2) is 18.5 Å². The SMILES string of the molecule is CCC1CCCCC1OCCC(=O)c1ccc(F)cc1. The van der Waals surface area contributed by atoms with Gasteiger partial charge in [-0.15, -0.1) is 0 Å². The summed E-state index contributed by atoms with van der Waals surface area (Å²) in [5.74, 6) is 0.351. The normalized spacial score (nSPS) is 22.7. The van der Waals surface area contributed by atoms with Crippen molar-refractivity contribution in [2.24, 2.45) is 5.92 Å². The Morgan fingerprint density at radius 3 is 2.65 bits per heavy atom. The number of Topliss-reactive ketones (excluding diaryl/α,β-unsaturated/α-hetero) is 1. The van der Waals surface area contributed by atoms with E-state index in [2.05, 4.69) is 6.92 Å². The van der Waals surface area contributed by atoms with Gasteiger partial charge in [-0.25, -0.2) is 4.39 Å². The minimum Gasteiger partial charge on any atom is -0.377 e. The van der Waals surface area contributed by atoms with Crippen molar-refractivity contribution < 1.29 is 13.9 Å². The third-order valence-corrected chi connectivity index (χ3v) is 4.19. The van der Waals surface area contributed by atoms with Crippen LogP contribution in [0.15, 0.2) is 24.3 Å². The molecule has 0 heterocycles. The Bertz CT molecular complexity index is 427. The smallest absolute Gasteiger partial charge is 0.165 e. The number of halogens is 1. The van der Waals surface area contributed by atoms with Crippen molar-refractivity contribution >= 4 is 5.78 Å². The Labute approximate surface area is 120 Å². The number of rotatable bonds is 6. The molecule has 20 heavy (non-hydrogen) atoms. The van der Waals surface area contributed by atoms with E-state index in [0.717, 1.165) is 12.8 Å². The van der Waals surface area contributed by atoms with E-state index in [-0.39, 0.29) is 11.6 Å². The number of hydrogen-bond donors (Lipinski definition) is 0. The molecule has 3 heteroatoms. The molecular formula is C17H23FO2. The molecule has 2 rings (SSSR count). The van der Waals surface area contributed by atoms with Gasteiger partial charge < -0.3 is 4.74 Å². The molecular weight excluding hydrogens is 255 g/mol. The largest absolute Gasteiger partial charge is 0.377 e. The fraction of sp³-hybridized carbons (Fsp3) is 0.588. The van der Waals surface area contributed by atoms with Crippen LogP contribution < -0.4 is 0 Å². The molecule has 0 amide bonds. The Balaban J connectivity index is 1.77. The van der Waals surface area contributed by atoms with E-state index in [1.54, 1.807) is 0 Å². The molecule has 2 nitrogen and oxygen atoms in total. The first kappa shape index (κ1) is 15.2. The number of carbonyl (C=O) groups is 1. The number of ether oxygens (including phenoxy) is 1. The Morgan fingerprint density at radius 2 is 1.95 bits per heavy atom. The fourth-order valence-corrected chi connectivity index (χ4v) is 2.94. The lowest BCUT2D eigenvalue weighted by atomic mass is 9.85. The molecule has 1 saturated carbocycles. The Kier molecular flexibility index (Phi) is 5.72. The van der Waals surface area contributed by atoms with Crippen LogP contribution in [-0.2, 0) is 4.74 Å². The molecule has 1 fully saturated rings. The fourth-order valence-electron chi connectivity index (χ4n) is 2.94. The van der Waals surface area contributed by atoms with E-state index in [9.17, 15) is 9.18 Å². The first-order valence-electron chi connectivity index (χ1n) is 7.61. The van der Waals surface area contributed by atoms with E-state index >= 15 is 0 Å². The molecule has 2 unspecified atom stereocenters. The third-order valence-electron chi connectivity index (χ3n) is 4.19. The van der Waals surface area contributed by atoms with Crippen LogP contribution >= 0.6 is 0 Å². The molecule has 0 spiro atoms. The molecule has 0 N–H and O–H groups in total. The van der Waals surface area contributed by atoms with Gasteiger partial charge in [-0.1, -0.05) is 26.2 Å². The highest BCUT2D eigenvalue weighted by Gasteiger charge is 2.24. The highest BCUT2D eigenvalue weighted by molar-refractivity contribution is 5.96. The zero-order valence-electron chi connectivity index (χ0n) is 12.1. The predicted octanol–water partition coefficient (Wildman–Crippen LogP) is 4.38. The first-order valence-corrected chi connectivity index (χ1v) is 7.61. The lowest BCUT2D eigenvalue weighted by Crippen LogP contribution is -2.28. The number of carbonyl (C=O) groups excluding carboxylic acids is 1. The zero-order chi connectivity index (χ0) is 14.4. The molecule has 0 radical (unpaired) electrons. The molecule has 110 valence electrons. The van der Waals surface area contributed by atoms with Crippen LogP contribution in [0.25, 0.3) is 0 Å². The molecule has 0 aromatic heterocycles. The van der Waals surface area contributed by atoms with Gasteiger partial charge in [-0.05, 0) is 43.0 Å². The van der Waals surface area contributed by atoms with Gasteiger partial charge >= 0.3 is 0 Å². The summed E-state index contributed by atoms with van der Waals surface area (Å²) in [6.45, 7) is 2.67. The highest BCUT2D eigenvalue weighted by Crippen LogP contribution is 2.29. The van der Waals surface area contributed by atoms with Crippen LogP contribution in [0.1, 0.15) is 55.8 Å². The zero-order valence-corrected chi connectivity index (χ0v) is 12.1. The maximum absolute atomic E-state index is 12.8. The average Bonchev–Trinajstić information content (AvgIpc) is 2.48. The van der Waals surface area contributed by atoms with Crippen molar-refractivity contribution in [3.05, 3.63) is 35.6 Å². The van der Waals surface area contributed by atoms with Crippen LogP contribution in [0.4, 0.5) is 4.39 Å². The van der Waals surface area contributed by atoms with Crippen molar-refractivity contribution in [1.82, 2.24) is 0 Å². The maximum Gasteiger partial charge on any atom is 0.165 e. The molecule has 0 saturated heterocycles. The molecule has 2 atom stereocenters. The predicted molar refractivity (Wildman–Crippen MR) is 77.3 cm³/mol. The molecule has 1 aromatic rings. The summed E-state index contributed by atoms with van der Waals surface area (Å²) in [6, 6.07) is 5.71. The molecule has 1 aliphatic rings. The van der Waals surface area contributed by atoms with E-state index in [1.807, 2.05) is 0 Å². The van der Waals surface area contributed by atoms with Gasteiger partial charge in [0.2, 0.25) is 0 Å². The number of benzene rings is 1. The summed E-state index contributed by atoms with van der Waals surface area (Å²) in [6.07, 6.45) is 6.72. The van der Waals surface area contributed by atoms with E-state index in [4.69, 9.17) is 4.74 Å². The van der Waals surface area contributed by atoms with Crippen molar-refractivity contribution in [2.45, 2.75) is 51.6 Å². The average molecular weight is 278 g/mol. The van der Waals surface area contributed by atoms with Gasteiger partial charge in [0, 0.05) is 12.0 Å². The summed E-state index contributed by atoms with van der Waals surface area (Å²) >= 11 is 0. The second-order valence-corrected chi connectivity index (χ2v) is 5.54. The van der Waals surface area contributed by atoms with Crippen molar-refractivity contribution in [1.29, 1.82) is 0 Å². The Hall–Kier alpha value is -1.22. The number of ketones is 1. The first-order chi connectivity index (χ1) is 9.70. The lowest BCUT2D eigenvalue weighted by molar-refractivity contribution is -0.0113. The molecule has 1 aliphatic carbocycles. The summed E-state index contributed by atoms with van der Waals surface area (Å²) in [5.41, 5.74) is 0.561. The van der Waals surface area contributed by atoms with Crippen LogP contribution in [0.3, 0.4) is 0 Å². The van der Waals surface area contributed by atoms with Gasteiger partial charge in [0.05, 0.1) is 12.7 Å². The highest BCUT2D eigenvalue weighted by atomic mass is 19.1. The monoisotopic (exact) mass is 278 g/mol. The van der Waals surface area contributed by atoms with Crippen LogP contribution in [0, 0.1) is 11.7 Å². The molecule has 1 aromatic carbocycles. The van der Waals surface area contributed by atoms with Crippen LogP contribution in [0.5, 0.6) is 0 Å². The third kappa shape index (κ3) is 4.14. The second-order valence-electron chi connectivity index (χ2n) is 5.54. The summed E-state index contributed by atoms with van der Waals surface area (Å²) in [7, 11) is 0. The standard InChI is InChI=1S/C17H23FO2/c1-2-13-5-3-4-6-17(13)20-12-11-16(19)14-7-9-15(18)10-8-14/h7-10,13,17H,2-6,11-12H2,1H3. The van der Waals surface area contributed by atoms with Gasteiger partial charge in [-0.2, -0.15) is 0 Å². The summed E-state index contributed by atoms with van der Waals surface area (Å²) in [4.78, 5) is 11.9. The quantitative estimate of drug-likeness (QED) is 0.722. The van der Waals surface area contributed by atoms with Crippen LogP contribution in [0.2, 0.25) is 0 Å². The molecule has 0 aliphatic heterocycles. The number of hydrogen-bond acceptors (Lipinski definition) is 2. The molecule has 0 bridgehead atoms. The summed E-state index contributed by atoms with van der Waals surface area (Å²) < 4.78 is 18.7. The van der Waals surface area contributed by atoms with Crippen molar-refractivity contribution in [3.63, 3.8) is 0 Å². The minimum absolute atomic E-state index is 0.0221. The van der Waals surface area contributed by atoms with Gasteiger partial charge in [0.15, 0.2) is 5.78 Å². The Morgan fingerprint density at radius 1 is 1.25 bits per heavy atom. The van der Waals surface area contributed by atoms with Gasteiger partial charge in [-0.3, -0.25) is 4.79 Å². The van der Waals surface area contributed by atoms with Crippen molar-refractivity contribution in [2.75, 3.05) is 6.61 Å². The topological polar surface area (TPSA) is 26.3 Å². The van der Waals surface area contributed by atoms with E-state index in [0.29, 0.717) is 30.6 Å². The second kappa shape index (κ2) is 7.53. The maximum atomic E-state index is 12.8. The van der Waals surface area contributed by atoms with Gasteiger partial charge in [0.25, 0.3) is 0 Å². The minimum atomic E-state index is -0.314.